The first-order chi connectivity index (χ1) is 8.24. The van der Waals surface area contributed by atoms with E-state index in [0.29, 0.717) is 11.4 Å². The number of rotatable bonds is 4. The summed E-state index contributed by atoms with van der Waals surface area (Å²) in [6.07, 6.45) is 1.47. The third kappa shape index (κ3) is 3.53. The molecule has 5 nitrogen and oxygen atoms in total. The van der Waals surface area contributed by atoms with Gasteiger partial charge in [-0.05, 0) is 18.2 Å². The fourth-order valence-electron chi connectivity index (χ4n) is 1.24. The van der Waals surface area contributed by atoms with Crippen molar-refractivity contribution in [3.05, 3.63) is 48.3 Å². The molecule has 0 unspecified atom stereocenters. The number of benzene rings is 1. The van der Waals surface area contributed by atoms with E-state index in [1.807, 2.05) is 18.2 Å². The molecule has 0 saturated heterocycles. The van der Waals surface area contributed by atoms with E-state index < -0.39 is 10.7 Å². The largest absolute Gasteiger partial charge is 0.424 e. The second kappa shape index (κ2) is 5.40. The van der Waals surface area contributed by atoms with Gasteiger partial charge in [0, 0.05) is 6.20 Å². The Hall–Kier alpha value is -1.95. The molecule has 0 saturated carbocycles. The van der Waals surface area contributed by atoms with Crippen LogP contribution in [-0.2, 0) is 16.5 Å². The molecule has 0 radical (unpaired) electrons. The van der Waals surface area contributed by atoms with Crippen LogP contribution in [0.2, 0.25) is 0 Å². The smallest absolute Gasteiger partial charge is 0.322 e. The highest BCUT2D eigenvalue weighted by molar-refractivity contribution is 7.71. The number of thiol groups is 1. The highest BCUT2D eigenvalue weighted by atomic mass is 32.2. The fraction of sp³-hybridized carbons (Fsp3) is 0.0909. The van der Waals surface area contributed by atoms with E-state index in [1.54, 1.807) is 18.2 Å². The van der Waals surface area contributed by atoms with Crippen LogP contribution in [0.1, 0.15) is 5.69 Å². The van der Waals surface area contributed by atoms with Crippen molar-refractivity contribution in [3.63, 3.8) is 0 Å². The monoisotopic (exact) mass is 250 g/mol. The molecule has 0 aliphatic carbocycles. The number of nitrogens with zero attached hydrogens (tertiary/aromatic N) is 2. The predicted molar refractivity (Wildman–Crippen MR) is 62.6 cm³/mol. The van der Waals surface area contributed by atoms with Crippen LogP contribution in [0.3, 0.4) is 0 Å². The molecule has 0 spiro atoms. The number of hydrogen-bond donors (Lipinski definition) is 1. The molecule has 17 heavy (non-hydrogen) atoms. The summed E-state index contributed by atoms with van der Waals surface area (Å²) >= 11 is 0. The first-order valence-electron chi connectivity index (χ1n) is 4.90. The van der Waals surface area contributed by atoms with Crippen molar-refractivity contribution < 1.29 is 13.2 Å². The van der Waals surface area contributed by atoms with E-state index in [0.717, 1.165) is 0 Å². The second-order valence-electron chi connectivity index (χ2n) is 3.24. The standard InChI is InChI=1S/C11H10N2O3S/c14-17(15)8-9-6-7-12-11(13-9)16-10-4-2-1-3-5-10/h1-7,17H,8H2. The molecule has 0 fully saturated rings. The van der Waals surface area contributed by atoms with Crippen molar-refractivity contribution in [2.24, 2.45) is 0 Å². The summed E-state index contributed by atoms with van der Waals surface area (Å²) in [5.74, 6) is 0.499. The molecule has 88 valence electrons. The van der Waals surface area contributed by atoms with Crippen LogP contribution in [0.15, 0.2) is 42.6 Å². The Morgan fingerprint density at radius 1 is 1.12 bits per heavy atom. The molecule has 2 aromatic rings. The molecule has 1 heterocycles. The maximum absolute atomic E-state index is 10.6. The second-order valence-corrected chi connectivity index (χ2v) is 4.22. The zero-order chi connectivity index (χ0) is 12.1. The van der Waals surface area contributed by atoms with Crippen LogP contribution in [0, 0.1) is 0 Å². The normalized spacial score (nSPS) is 10.4. The summed E-state index contributed by atoms with van der Waals surface area (Å²) in [6.45, 7) is 0. The highest BCUT2D eigenvalue weighted by Gasteiger charge is 2.02. The number of hydrogen-bond acceptors (Lipinski definition) is 5. The Kier molecular flexibility index (Phi) is 3.66. The summed E-state index contributed by atoms with van der Waals surface area (Å²) in [5.41, 5.74) is 0.419. The van der Waals surface area contributed by atoms with Gasteiger partial charge in [0.25, 0.3) is 0 Å². The molecule has 0 aliphatic rings. The molecule has 0 bridgehead atoms. The summed E-state index contributed by atoms with van der Waals surface area (Å²) in [6, 6.07) is 10.7. The molecule has 2 rings (SSSR count). The van der Waals surface area contributed by atoms with Crippen molar-refractivity contribution in [2.75, 3.05) is 0 Å². The first kappa shape index (κ1) is 11.5. The average molecular weight is 250 g/mol. The minimum Gasteiger partial charge on any atom is -0.424 e. The number of ether oxygens (including phenoxy) is 1. The molecule has 1 aromatic carbocycles. The molecule has 1 aromatic heterocycles. The lowest BCUT2D eigenvalue weighted by Crippen LogP contribution is -1.96. The van der Waals surface area contributed by atoms with Gasteiger partial charge in [0.05, 0.1) is 11.4 Å². The van der Waals surface area contributed by atoms with Crippen LogP contribution < -0.4 is 4.74 Å². The Bertz CT molecular complexity index is 562. The maximum atomic E-state index is 10.6. The van der Waals surface area contributed by atoms with Crippen LogP contribution in [0.4, 0.5) is 0 Å². The van der Waals surface area contributed by atoms with Gasteiger partial charge in [0.2, 0.25) is 0 Å². The van der Waals surface area contributed by atoms with E-state index >= 15 is 0 Å². The fourth-order valence-corrected chi connectivity index (χ4v) is 1.68. The summed E-state index contributed by atoms with van der Waals surface area (Å²) in [7, 11) is -2.49. The third-order valence-electron chi connectivity index (χ3n) is 1.93. The van der Waals surface area contributed by atoms with Gasteiger partial charge in [-0.2, -0.15) is 4.98 Å². The Morgan fingerprint density at radius 2 is 1.88 bits per heavy atom. The molecule has 0 amide bonds. The van der Waals surface area contributed by atoms with Crippen molar-refractivity contribution in [1.29, 1.82) is 0 Å². The van der Waals surface area contributed by atoms with Crippen molar-refractivity contribution in [2.45, 2.75) is 5.75 Å². The van der Waals surface area contributed by atoms with Gasteiger partial charge in [0.1, 0.15) is 16.5 Å². The SMILES string of the molecule is O=[SH](=O)Cc1ccnc(Oc2ccccc2)n1. The van der Waals surface area contributed by atoms with Gasteiger partial charge in [-0.15, -0.1) is 0 Å². The molecule has 0 N–H and O–H groups in total. The Labute approximate surface area is 100 Å². The highest BCUT2D eigenvalue weighted by Crippen LogP contribution is 2.16. The zero-order valence-corrected chi connectivity index (χ0v) is 9.71. The van der Waals surface area contributed by atoms with Gasteiger partial charge in [0.15, 0.2) is 0 Å². The van der Waals surface area contributed by atoms with E-state index in [-0.39, 0.29) is 11.8 Å². The van der Waals surface area contributed by atoms with Gasteiger partial charge < -0.3 is 4.74 Å². The van der Waals surface area contributed by atoms with Gasteiger partial charge >= 0.3 is 6.01 Å². The summed E-state index contributed by atoms with van der Waals surface area (Å²) in [4.78, 5) is 7.90. The summed E-state index contributed by atoms with van der Waals surface area (Å²) in [5, 5.41) is 0. The number of para-hydroxylation sites is 1. The quantitative estimate of drug-likeness (QED) is 0.830. The number of aromatic nitrogens is 2. The molecule has 0 atom stereocenters. The van der Waals surface area contributed by atoms with Gasteiger partial charge in [-0.3, -0.25) is 0 Å². The third-order valence-corrected chi connectivity index (χ3v) is 2.52. The van der Waals surface area contributed by atoms with Gasteiger partial charge in [-0.25, -0.2) is 13.4 Å². The molecule has 6 heteroatoms. The molecular weight excluding hydrogens is 240 g/mol. The Balaban J connectivity index is 2.16. The van der Waals surface area contributed by atoms with Crippen LogP contribution >= 0.6 is 0 Å². The van der Waals surface area contributed by atoms with Crippen molar-refractivity contribution in [1.82, 2.24) is 9.97 Å². The topological polar surface area (TPSA) is 69.2 Å². The lowest BCUT2D eigenvalue weighted by molar-refractivity contribution is 0.440. The molecular formula is C11H10N2O3S. The summed E-state index contributed by atoms with van der Waals surface area (Å²) < 4.78 is 26.5. The van der Waals surface area contributed by atoms with E-state index in [4.69, 9.17) is 4.74 Å². The first-order valence-corrected chi connectivity index (χ1v) is 6.27. The maximum Gasteiger partial charge on any atom is 0.322 e. The van der Waals surface area contributed by atoms with Crippen molar-refractivity contribution in [3.8, 4) is 11.8 Å². The average Bonchev–Trinajstić information content (AvgIpc) is 2.30. The lowest BCUT2D eigenvalue weighted by atomic mass is 10.3. The molecule has 0 aliphatic heterocycles. The predicted octanol–water partition coefficient (Wildman–Crippen LogP) is 1.38. The minimum absolute atomic E-state index is 0.108. The van der Waals surface area contributed by atoms with Crippen LogP contribution in [-0.4, -0.2) is 18.4 Å². The minimum atomic E-state index is -2.49. The van der Waals surface area contributed by atoms with Crippen LogP contribution in [0.5, 0.6) is 11.8 Å². The van der Waals surface area contributed by atoms with Crippen molar-refractivity contribution >= 4 is 10.7 Å². The zero-order valence-electron chi connectivity index (χ0n) is 8.81. The van der Waals surface area contributed by atoms with E-state index in [9.17, 15) is 8.42 Å². The lowest BCUT2D eigenvalue weighted by Gasteiger charge is -2.03. The van der Waals surface area contributed by atoms with Crippen LogP contribution in [0.25, 0.3) is 0 Å². The Morgan fingerprint density at radius 3 is 2.59 bits per heavy atom. The van der Waals surface area contributed by atoms with Gasteiger partial charge in [-0.1, -0.05) is 18.2 Å². The van der Waals surface area contributed by atoms with E-state index in [2.05, 4.69) is 9.97 Å². The van der Waals surface area contributed by atoms with E-state index in [1.165, 1.54) is 6.20 Å².